The lowest BCUT2D eigenvalue weighted by atomic mass is 10.1. The SMILES string of the molecule is COc1ccccc1C[C@H](COC(C)=O)NC(=O)OC(C)(C)C. The number of methoxy groups -OCH3 is 1. The molecule has 1 amide bonds. The van der Waals surface area contributed by atoms with E-state index < -0.39 is 23.7 Å². The summed E-state index contributed by atoms with van der Waals surface area (Å²) in [5.41, 5.74) is 0.309. The van der Waals surface area contributed by atoms with Gasteiger partial charge in [-0.25, -0.2) is 4.79 Å². The number of alkyl carbamates (subject to hydrolysis) is 1. The van der Waals surface area contributed by atoms with Crippen LogP contribution in [0, 0.1) is 0 Å². The fraction of sp³-hybridized carbons (Fsp3) is 0.529. The Morgan fingerprint density at radius 3 is 2.43 bits per heavy atom. The van der Waals surface area contributed by atoms with Crippen LogP contribution in [0.3, 0.4) is 0 Å². The van der Waals surface area contributed by atoms with Crippen molar-refractivity contribution in [3.05, 3.63) is 29.8 Å². The topological polar surface area (TPSA) is 73.9 Å². The molecule has 1 rings (SSSR count). The third kappa shape index (κ3) is 7.54. The molecule has 1 aromatic carbocycles. The molecule has 1 atom stereocenters. The average Bonchev–Trinajstić information content (AvgIpc) is 2.43. The van der Waals surface area contributed by atoms with E-state index in [1.807, 2.05) is 24.3 Å². The summed E-state index contributed by atoms with van der Waals surface area (Å²) in [7, 11) is 1.58. The van der Waals surface area contributed by atoms with E-state index in [1.54, 1.807) is 27.9 Å². The average molecular weight is 323 g/mol. The molecule has 1 aromatic rings. The zero-order valence-corrected chi connectivity index (χ0v) is 14.3. The van der Waals surface area contributed by atoms with Crippen LogP contribution in [0.5, 0.6) is 5.75 Å². The van der Waals surface area contributed by atoms with E-state index in [-0.39, 0.29) is 6.61 Å². The first kappa shape index (κ1) is 18.8. The highest BCUT2D eigenvalue weighted by molar-refractivity contribution is 5.68. The maximum atomic E-state index is 12.0. The Morgan fingerprint density at radius 1 is 1.22 bits per heavy atom. The van der Waals surface area contributed by atoms with E-state index in [0.29, 0.717) is 12.2 Å². The van der Waals surface area contributed by atoms with Gasteiger partial charge in [-0.2, -0.15) is 0 Å². The van der Waals surface area contributed by atoms with E-state index in [0.717, 1.165) is 5.56 Å². The summed E-state index contributed by atoms with van der Waals surface area (Å²) >= 11 is 0. The van der Waals surface area contributed by atoms with Crippen molar-refractivity contribution in [3.63, 3.8) is 0 Å². The Bertz CT molecular complexity index is 536. The van der Waals surface area contributed by atoms with Crippen LogP contribution in [-0.4, -0.2) is 37.4 Å². The summed E-state index contributed by atoms with van der Waals surface area (Å²) in [4.78, 5) is 23.0. The smallest absolute Gasteiger partial charge is 0.408 e. The maximum absolute atomic E-state index is 12.0. The first-order chi connectivity index (χ1) is 10.7. The normalized spacial score (nSPS) is 12.2. The zero-order chi connectivity index (χ0) is 17.5. The van der Waals surface area contributed by atoms with Gasteiger partial charge in [0.15, 0.2) is 0 Å². The van der Waals surface area contributed by atoms with E-state index in [1.165, 1.54) is 6.92 Å². The minimum Gasteiger partial charge on any atom is -0.496 e. The molecule has 23 heavy (non-hydrogen) atoms. The molecule has 0 aliphatic heterocycles. The summed E-state index contributed by atoms with van der Waals surface area (Å²) in [5, 5.41) is 2.73. The predicted molar refractivity (Wildman–Crippen MR) is 86.5 cm³/mol. The maximum Gasteiger partial charge on any atom is 0.408 e. The molecule has 128 valence electrons. The molecular formula is C17H25NO5. The molecule has 0 heterocycles. The van der Waals surface area contributed by atoms with Gasteiger partial charge in [-0.3, -0.25) is 4.79 Å². The van der Waals surface area contributed by atoms with Crippen LogP contribution in [0.25, 0.3) is 0 Å². The lowest BCUT2D eigenvalue weighted by Crippen LogP contribution is -2.43. The minimum atomic E-state index is -0.597. The largest absolute Gasteiger partial charge is 0.496 e. The number of para-hydroxylation sites is 1. The van der Waals surface area contributed by atoms with E-state index in [9.17, 15) is 9.59 Å². The van der Waals surface area contributed by atoms with Crippen molar-refractivity contribution in [2.24, 2.45) is 0 Å². The van der Waals surface area contributed by atoms with Crippen LogP contribution in [0.1, 0.15) is 33.3 Å². The van der Waals surface area contributed by atoms with Crippen molar-refractivity contribution in [1.29, 1.82) is 0 Å². The number of hydrogen-bond acceptors (Lipinski definition) is 5. The van der Waals surface area contributed by atoms with Gasteiger partial charge in [0.25, 0.3) is 0 Å². The second kappa shape index (κ2) is 8.41. The van der Waals surface area contributed by atoms with E-state index in [4.69, 9.17) is 14.2 Å². The third-order valence-electron chi connectivity index (χ3n) is 2.87. The quantitative estimate of drug-likeness (QED) is 0.815. The summed E-state index contributed by atoms with van der Waals surface area (Å²) in [6.07, 6.45) is -0.0964. The van der Waals surface area contributed by atoms with E-state index in [2.05, 4.69) is 5.32 Å². The molecule has 0 bridgehead atoms. The van der Waals surface area contributed by atoms with Gasteiger partial charge in [-0.15, -0.1) is 0 Å². The Balaban J connectivity index is 2.79. The van der Waals surface area contributed by atoms with Crippen LogP contribution in [0.2, 0.25) is 0 Å². The second-order valence-electron chi connectivity index (χ2n) is 6.16. The van der Waals surface area contributed by atoms with Crippen LogP contribution in [-0.2, 0) is 20.7 Å². The lowest BCUT2D eigenvalue weighted by Gasteiger charge is -2.24. The number of carbonyl (C=O) groups excluding carboxylic acids is 2. The van der Waals surface area contributed by atoms with Gasteiger partial charge in [-0.1, -0.05) is 18.2 Å². The Labute approximate surface area is 137 Å². The van der Waals surface area contributed by atoms with Crippen molar-refractivity contribution >= 4 is 12.1 Å². The molecule has 6 heteroatoms. The molecule has 0 aliphatic carbocycles. The molecule has 1 N–H and O–H groups in total. The van der Waals surface area contributed by atoms with Crippen molar-refractivity contribution in [2.75, 3.05) is 13.7 Å². The highest BCUT2D eigenvalue weighted by atomic mass is 16.6. The van der Waals surface area contributed by atoms with Gasteiger partial charge in [0.2, 0.25) is 0 Å². The summed E-state index contributed by atoms with van der Waals surface area (Å²) in [5.74, 6) is 0.312. The Hall–Kier alpha value is -2.24. The molecule has 0 saturated heterocycles. The molecule has 0 fully saturated rings. The van der Waals surface area contributed by atoms with Gasteiger partial charge in [0.1, 0.15) is 18.0 Å². The Morgan fingerprint density at radius 2 is 1.87 bits per heavy atom. The lowest BCUT2D eigenvalue weighted by molar-refractivity contribution is -0.141. The predicted octanol–water partition coefficient (Wildman–Crippen LogP) is 2.69. The number of hydrogen-bond donors (Lipinski definition) is 1. The molecule has 0 aromatic heterocycles. The summed E-state index contributed by atoms with van der Waals surface area (Å²) < 4.78 is 15.6. The molecule has 0 saturated carbocycles. The van der Waals surface area contributed by atoms with Gasteiger partial charge < -0.3 is 19.5 Å². The monoisotopic (exact) mass is 323 g/mol. The number of amides is 1. The van der Waals surface area contributed by atoms with Gasteiger partial charge in [0.05, 0.1) is 13.2 Å². The van der Waals surface area contributed by atoms with Crippen LogP contribution < -0.4 is 10.1 Å². The molecule has 0 spiro atoms. The number of benzene rings is 1. The molecule has 0 aliphatic rings. The van der Waals surface area contributed by atoms with Gasteiger partial charge in [0, 0.05) is 6.92 Å². The van der Waals surface area contributed by atoms with Gasteiger partial charge in [-0.05, 0) is 38.8 Å². The van der Waals surface area contributed by atoms with Crippen LogP contribution in [0.4, 0.5) is 4.79 Å². The molecule has 0 unspecified atom stereocenters. The van der Waals surface area contributed by atoms with Crippen molar-refractivity contribution in [3.8, 4) is 5.75 Å². The number of carbonyl (C=O) groups is 2. The van der Waals surface area contributed by atoms with Crippen LogP contribution in [0.15, 0.2) is 24.3 Å². The van der Waals surface area contributed by atoms with Crippen molar-refractivity contribution in [2.45, 2.75) is 45.8 Å². The van der Waals surface area contributed by atoms with Crippen molar-refractivity contribution < 1.29 is 23.8 Å². The minimum absolute atomic E-state index is 0.0621. The summed E-state index contributed by atoms with van der Waals surface area (Å²) in [6.45, 7) is 6.75. The van der Waals surface area contributed by atoms with Gasteiger partial charge >= 0.3 is 12.1 Å². The van der Waals surface area contributed by atoms with Crippen LogP contribution >= 0.6 is 0 Å². The number of ether oxygens (including phenoxy) is 3. The first-order valence-electron chi connectivity index (χ1n) is 7.46. The number of nitrogens with one attached hydrogen (secondary N) is 1. The van der Waals surface area contributed by atoms with E-state index >= 15 is 0 Å². The number of rotatable bonds is 6. The number of esters is 1. The Kier molecular flexibility index (Phi) is 6.88. The zero-order valence-electron chi connectivity index (χ0n) is 14.3. The fourth-order valence-corrected chi connectivity index (χ4v) is 1.98. The molecular weight excluding hydrogens is 298 g/mol. The standard InChI is InChI=1S/C17H25NO5/c1-12(19)22-11-14(18-16(20)23-17(2,3)4)10-13-8-6-7-9-15(13)21-5/h6-9,14H,10-11H2,1-5H3,(H,18,20)/t14-/m1/s1. The fourth-order valence-electron chi connectivity index (χ4n) is 1.98. The highest BCUT2D eigenvalue weighted by Gasteiger charge is 2.21. The third-order valence-corrected chi connectivity index (χ3v) is 2.87. The molecule has 6 nitrogen and oxygen atoms in total. The van der Waals surface area contributed by atoms with Crippen molar-refractivity contribution in [1.82, 2.24) is 5.32 Å². The molecule has 0 radical (unpaired) electrons. The second-order valence-corrected chi connectivity index (χ2v) is 6.16. The summed E-state index contributed by atoms with van der Waals surface area (Å²) in [6, 6.07) is 7.08. The first-order valence-corrected chi connectivity index (χ1v) is 7.46. The highest BCUT2D eigenvalue weighted by Crippen LogP contribution is 2.19.